The molecule has 7 nitrogen and oxygen atoms in total. The van der Waals surface area contributed by atoms with Gasteiger partial charge in [0.25, 0.3) is 11.6 Å². The maximum Gasteiger partial charge on any atom is 0.282 e. The Morgan fingerprint density at radius 2 is 2.20 bits per heavy atom. The number of nitrogens with zero attached hydrogens (tertiary/aromatic N) is 2. The number of nitro benzene ring substituents is 1. The Morgan fingerprint density at radius 3 is 2.70 bits per heavy atom. The Bertz CT molecular complexity index is 557. The van der Waals surface area contributed by atoms with Crippen LogP contribution in [0, 0.1) is 15.5 Å². The van der Waals surface area contributed by atoms with Crippen molar-refractivity contribution in [1.29, 1.82) is 0 Å². The average Bonchev–Trinajstić information content (AvgIpc) is 2.77. The maximum atomic E-state index is 12.5. The lowest BCUT2D eigenvalue weighted by Gasteiger charge is -2.20. The van der Waals surface area contributed by atoms with Crippen molar-refractivity contribution in [1.82, 2.24) is 4.90 Å². The van der Waals surface area contributed by atoms with Crippen LogP contribution in [0.3, 0.4) is 0 Å². The Balaban J connectivity index is 2.35. The lowest BCUT2D eigenvalue weighted by molar-refractivity contribution is -0.385. The molecular formula is C13H18N4O3. The van der Waals surface area contributed by atoms with Crippen LogP contribution in [0.2, 0.25) is 0 Å². The largest absolute Gasteiger partial charge is 0.338 e. The summed E-state index contributed by atoms with van der Waals surface area (Å²) < 4.78 is 0. The number of nitrogens with two attached hydrogens (primary N) is 1. The van der Waals surface area contributed by atoms with Crippen LogP contribution >= 0.6 is 0 Å². The second-order valence-electron chi connectivity index (χ2n) is 5.77. The molecule has 1 heterocycles. The van der Waals surface area contributed by atoms with Gasteiger partial charge in [0.05, 0.1) is 4.92 Å². The summed E-state index contributed by atoms with van der Waals surface area (Å²) in [6, 6.07) is 4.19. The minimum absolute atomic E-state index is 0.0498. The smallest absolute Gasteiger partial charge is 0.282 e. The second-order valence-corrected chi connectivity index (χ2v) is 5.77. The standard InChI is InChI=1S/C13H18N4O3/c1-13(2)5-6-16(8-13)12(18)10-7-9(15-14)3-4-11(10)17(19)20/h3-4,7,15H,5-6,8,14H2,1-2H3. The molecule has 1 fully saturated rings. The van der Waals surface area contributed by atoms with Gasteiger partial charge in [0.15, 0.2) is 0 Å². The number of hydrogen-bond acceptors (Lipinski definition) is 5. The van der Waals surface area contributed by atoms with E-state index < -0.39 is 4.92 Å². The number of benzene rings is 1. The van der Waals surface area contributed by atoms with Gasteiger partial charge in [0.2, 0.25) is 0 Å². The van der Waals surface area contributed by atoms with Crippen molar-refractivity contribution in [2.24, 2.45) is 11.3 Å². The van der Waals surface area contributed by atoms with Gasteiger partial charge in [-0.1, -0.05) is 13.8 Å². The lowest BCUT2D eigenvalue weighted by Crippen LogP contribution is -2.30. The molecule has 0 aliphatic carbocycles. The van der Waals surface area contributed by atoms with Crippen molar-refractivity contribution in [3.63, 3.8) is 0 Å². The van der Waals surface area contributed by atoms with E-state index in [1.165, 1.54) is 18.2 Å². The predicted octanol–water partition coefficient (Wildman–Crippen LogP) is 1.75. The number of nitrogens with one attached hydrogen (secondary N) is 1. The van der Waals surface area contributed by atoms with E-state index in [0.29, 0.717) is 18.8 Å². The molecule has 1 amide bonds. The summed E-state index contributed by atoms with van der Waals surface area (Å²) >= 11 is 0. The average molecular weight is 278 g/mol. The van der Waals surface area contributed by atoms with Crippen molar-refractivity contribution >= 4 is 17.3 Å². The van der Waals surface area contributed by atoms with Crippen LogP contribution in [0.1, 0.15) is 30.6 Å². The quantitative estimate of drug-likeness (QED) is 0.498. The van der Waals surface area contributed by atoms with Gasteiger partial charge < -0.3 is 10.3 Å². The highest BCUT2D eigenvalue weighted by atomic mass is 16.6. The molecule has 3 N–H and O–H groups in total. The third kappa shape index (κ3) is 2.72. The van der Waals surface area contributed by atoms with E-state index in [9.17, 15) is 14.9 Å². The van der Waals surface area contributed by atoms with E-state index in [-0.39, 0.29) is 22.6 Å². The van der Waals surface area contributed by atoms with Gasteiger partial charge >= 0.3 is 0 Å². The summed E-state index contributed by atoms with van der Waals surface area (Å²) in [4.78, 5) is 24.6. The Kier molecular flexibility index (Phi) is 3.63. The molecule has 1 aromatic rings. The first-order valence-electron chi connectivity index (χ1n) is 6.38. The number of carbonyl (C=O) groups excluding carboxylic acids is 1. The Labute approximate surface area is 116 Å². The molecule has 0 saturated carbocycles. The lowest BCUT2D eigenvalue weighted by atomic mass is 9.93. The maximum absolute atomic E-state index is 12.5. The molecule has 7 heteroatoms. The SMILES string of the molecule is CC1(C)CCN(C(=O)c2cc(NN)ccc2[N+](=O)[O-])C1. The summed E-state index contributed by atoms with van der Waals surface area (Å²) in [5, 5.41) is 11.1. The first kappa shape index (κ1) is 14.3. The zero-order valence-electron chi connectivity index (χ0n) is 11.5. The summed E-state index contributed by atoms with van der Waals surface area (Å²) in [7, 11) is 0. The van der Waals surface area contributed by atoms with Gasteiger partial charge in [-0.25, -0.2) is 0 Å². The van der Waals surface area contributed by atoms with Gasteiger partial charge in [-0.05, 0) is 24.0 Å². The fourth-order valence-corrected chi connectivity index (χ4v) is 2.41. The molecule has 0 aromatic heterocycles. The molecular weight excluding hydrogens is 260 g/mol. The number of hydrogen-bond donors (Lipinski definition) is 2. The third-order valence-electron chi connectivity index (χ3n) is 3.55. The van der Waals surface area contributed by atoms with E-state index in [4.69, 9.17) is 5.84 Å². The molecule has 108 valence electrons. The Hall–Kier alpha value is -2.15. The molecule has 0 atom stereocenters. The van der Waals surface area contributed by atoms with Crippen LogP contribution in [0.25, 0.3) is 0 Å². The summed E-state index contributed by atoms with van der Waals surface area (Å²) in [6.07, 6.45) is 0.890. The van der Waals surface area contributed by atoms with Crippen LogP contribution < -0.4 is 11.3 Å². The zero-order chi connectivity index (χ0) is 14.9. The zero-order valence-corrected chi connectivity index (χ0v) is 11.5. The van der Waals surface area contributed by atoms with Crippen LogP contribution in [0.5, 0.6) is 0 Å². The van der Waals surface area contributed by atoms with Crippen molar-refractivity contribution in [3.8, 4) is 0 Å². The Morgan fingerprint density at radius 1 is 1.50 bits per heavy atom. The highest BCUT2D eigenvalue weighted by Crippen LogP contribution is 2.32. The highest BCUT2D eigenvalue weighted by molar-refractivity contribution is 5.99. The number of nitrogen functional groups attached to an aromatic ring is 1. The number of carbonyl (C=O) groups is 1. The van der Waals surface area contributed by atoms with E-state index >= 15 is 0 Å². The fraction of sp³-hybridized carbons (Fsp3) is 0.462. The van der Waals surface area contributed by atoms with Crippen molar-refractivity contribution < 1.29 is 9.72 Å². The summed E-state index contributed by atoms with van der Waals surface area (Å²) in [5.74, 6) is 4.98. The van der Waals surface area contributed by atoms with Gasteiger partial charge in [-0.15, -0.1) is 0 Å². The molecule has 1 saturated heterocycles. The monoisotopic (exact) mass is 278 g/mol. The van der Waals surface area contributed by atoms with Crippen LogP contribution in [-0.4, -0.2) is 28.8 Å². The predicted molar refractivity (Wildman–Crippen MR) is 75.2 cm³/mol. The normalized spacial score (nSPS) is 17.1. The van der Waals surface area contributed by atoms with Gasteiger partial charge in [0, 0.05) is 24.8 Å². The van der Waals surface area contributed by atoms with E-state index in [2.05, 4.69) is 19.3 Å². The molecule has 0 bridgehead atoms. The van der Waals surface area contributed by atoms with E-state index in [1.54, 1.807) is 4.90 Å². The molecule has 1 aliphatic heterocycles. The highest BCUT2D eigenvalue weighted by Gasteiger charge is 2.34. The van der Waals surface area contributed by atoms with Crippen molar-refractivity contribution in [2.45, 2.75) is 20.3 Å². The van der Waals surface area contributed by atoms with E-state index in [0.717, 1.165) is 6.42 Å². The molecule has 0 spiro atoms. The first-order chi connectivity index (χ1) is 9.34. The summed E-state index contributed by atoms with van der Waals surface area (Å²) in [5.41, 5.74) is 2.80. The molecule has 0 radical (unpaired) electrons. The van der Waals surface area contributed by atoms with Crippen LogP contribution in [0.4, 0.5) is 11.4 Å². The third-order valence-corrected chi connectivity index (χ3v) is 3.55. The van der Waals surface area contributed by atoms with Crippen molar-refractivity contribution in [2.75, 3.05) is 18.5 Å². The molecule has 1 aromatic carbocycles. The number of rotatable bonds is 3. The topological polar surface area (TPSA) is 102 Å². The molecule has 20 heavy (non-hydrogen) atoms. The minimum atomic E-state index is -0.547. The number of hydrazine groups is 1. The first-order valence-corrected chi connectivity index (χ1v) is 6.38. The molecule has 0 unspecified atom stereocenters. The van der Waals surface area contributed by atoms with Gasteiger partial charge in [-0.3, -0.25) is 20.8 Å². The summed E-state index contributed by atoms with van der Waals surface area (Å²) in [6.45, 7) is 5.37. The van der Waals surface area contributed by atoms with Gasteiger partial charge in [-0.2, -0.15) is 0 Å². The van der Waals surface area contributed by atoms with Crippen LogP contribution in [0.15, 0.2) is 18.2 Å². The molecule has 1 aliphatic rings. The number of anilines is 1. The second kappa shape index (κ2) is 5.09. The van der Waals surface area contributed by atoms with E-state index in [1.807, 2.05) is 0 Å². The van der Waals surface area contributed by atoms with Gasteiger partial charge in [0.1, 0.15) is 5.56 Å². The fourth-order valence-electron chi connectivity index (χ4n) is 2.41. The van der Waals surface area contributed by atoms with Crippen molar-refractivity contribution in [3.05, 3.63) is 33.9 Å². The number of nitro groups is 1. The number of amides is 1. The molecule has 2 rings (SSSR count). The minimum Gasteiger partial charge on any atom is -0.338 e. The van der Waals surface area contributed by atoms with Crippen LogP contribution in [-0.2, 0) is 0 Å². The number of likely N-dealkylation sites (tertiary alicyclic amines) is 1.